The minimum absolute atomic E-state index is 0.801. The lowest BCUT2D eigenvalue weighted by molar-refractivity contribution is 0.294. The Kier molecular flexibility index (Phi) is 5.43. The zero-order chi connectivity index (χ0) is 12.6. The summed E-state index contributed by atoms with van der Waals surface area (Å²) in [5.74, 6) is 0. The minimum atomic E-state index is 0.801. The zero-order valence-electron chi connectivity index (χ0n) is 11.3. The monoisotopic (exact) mass is 244 g/mol. The van der Waals surface area contributed by atoms with Crippen molar-refractivity contribution >= 4 is 6.08 Å². The van der Waals surface area contributed by atoms with Crippen LogP contribution in [0.2, 0.25) is 0 Å². The van der Waals surface area contributed by atoms with Crippen LogP contribution in [0.1, 0.15) is 24.8 Å². The van der Waals surface area contributed by atoms with Crippen molar-refractivity contribution in [2.45, 2.75) is 25.3 Å². The Morgan fingerprint density at radius 3 is 2.89 bits per heavy atom. The van der Waals surface area contributed by atoms with Crippen molar-refractivity contribution in [1.82, 2.24) is 10.2 Å². The Labute approximate surface area is 111 Å². The van der Waals surface area contributed by atoms with E-state index in [0.29, 0.717) is 0 Å². The SMILES string of the molecule is CN1CCCC1CCNCC=Cc1ccccc1. The number of likely N-dealkylation sites (tertiary alicyclic amines) is 1. The van der Waals surface area contributed by atoms with Gasteiger partial charge in [0.15, 0.2) is 0 Å². The van der Waals surface area contributed by atoms with Crippen molar-refractivity contribution < 1.29 is 0 Å². The van der Waals surface area contributed by atoms with Crippen molar-refractivity contribution in [1.29, 1.82) is 0 Å². The van der Waals surface area contributed by atoms with Crippen molar-refractivity contribution in [2.24, 2.45) is 0 Å². The highest BCUT2D eigenvalue weighted by atomic mass is 15.1. The molecule has 1 saturated heterocycles. The number of hydrogen-bond acceptors (Lipinski definition) is 2. The summed E-state index contributed by atoms with van der Waals surface area (Å²) in [5, 5.41) is 3.49. The maximum atomic E-state index is 3.49. The molecule has 18 heavy (non-hydrogen) atoms. The van der Waals surface area contributed by atoms with Gasteiger partial charge in [0.2, 0.25) is 0 Å². The minimum Gasteiger partial charge on any atom is -0.313 e. The first-order valence-electron chi connectivity index (χ1n) is 6.99. The molecule has 2 nitrogen and oxygen atoms in total. The van der Waals surface area contributed by atoms with Crippen LogP contribution in [0.15, 0.2) is 36.4 Å². The Morgan fingerprint density at radius 2 is 2.17 bits per heavy atom. The van der Waals surface area contributed by atoms with E-state index in [1.54, 1.807) is 0 Å². The molecule has 0 bridgehead atoms. The van der Waals surface area contributed by atoms with Crippen molar-refractivity contribution in [3.8, 4) is 0 Å². The lowest BCUT2D eigenvalue weighted by Gasteiger charge is -2.18. The van der Waals surface area contributed by atoms with E-state index in [4.69, 9.17) is 0 Å². The van der Waals surface area contributed by atoms with Crippen molar-refractivity contribution in [2.75, 3.05) is 26.7 Å². The second-order valence-corrected chi connectivity index (χ2v) is 5.08. The van der Waals surface area contributed by atoms with Crippen LogP contribution < -0.4 is 5.32 Å². The van der Waals surface area contributed by atoms with Crippen LogP contribution in [-0.2, 0) is 0 Å². The maximum absolute atomic E-state index is 3.49. The average Bonchev–Trinajstić information content (AvgIpc) is 2.81. The van der Waals surface area contributed by atoms with E-state index < -0.39 is 0 Å². The first kappa shape index (κ1) is 13.3. The molecule has 1 aliphatic heterocycles. The van der Waals surface area contributed by atoms with Crippen LogP contribution in [-0.4, -0.2) is 37.6 Å². The highest BCUT2D eigenvalue weighted by molar-refractivity contribution is 5.48. The third kappa shape index (κ3) is 4.28. The molecule has 0 aliphatic carbocycles. The van der Waals surface area contributed by atoms with Gasteiger partial charge < -0.3 is 10.2 Å². The highest BCUT2D eigenvalue weighted by Gasteiger charge is 2.19. The van der Waals surface area contributed by atoms with Crippen LogP contribution in [0.25, 0.3) is 6.08 Å². The Morgan fingerprint density at radius 1 is 1.33 bits per heavy atom. The second-order valence-electron chi connectivity index (χ2n) is 5.08. The zero-order valence-corrected chi connectivity index (χ0v) is 11.3. The van der Waals surface area contributed by atoms with E-state index in [1.807, 2.05) is 6.07 Å². The van der Waals surface area contributed by atoms with Crippen molar-refractivity contribution in [3.05, 3.63) is 42.0 Å². The molecule has 1 aromatic carbocycles. The fourth-order valence-corrected chi connectivity index (χ4v) is 2.56. The summed E-state index contributed by atoms with van der Waals surface area (Å²) in [7, 11) is 2.24. The summed E-state index contributed by atoms with van der Waals surface area (Å²) in [6, 6.07) is 11.3. The van der Waals surface area contributed by atoms with Gasteiger partial charge in [-0.2, -0.15) is 0 Å². The summed E-state index contributed by atoms with van der Waals surface area (Å²) in [5.41, 5.74) is 1.27. The first-order valence-corrected chi connectivity index (χ1v) is 6.99. The van der Waals surface area contributed by atoms with Crippen LogP contribution >= 0.6 is 0 Å². The molecule has 1 unspecified atom stereocenters. The number of nitrogens with one attached hydrogen (secondary N) is 1. The quantitative estimate of drug-likeness (QED) is 0.774. The topological polar surface area (TPSA) is 15.3 Å². The van der Waals surface area contributed by atoms with Gasteiger partial charge in [0.05, 0.1) is 0 Å². The van der Waals surface area contributed by atoms with Gasteiger partial charge in [-0.05, 0) is 45.0 Å². The number of benzene rings is 1. The predicted molar refractivity (Wildman–Crippen MR) is 78.6 cm³/mol. The largest absolute Gasteiger partial charge is 0.313 e. The molecule has 1 N–H and O–H groups in total. The van der Waals surface area contributed by atoms with Gasteiger partial charge in [-0.25, -0.2) is 0 Å². The summed E-state index contributed by atoms with van der Waals surface area (Å²) < 4.78 is 0. The summed E-state index contributed by atoms with van der Waals surface area (Å²) >= 11 is 0. The molecule has 1 aliphatic rings. The molecular formula is C16H24N2. The molecule has 0 spiro atoms. The molecule has 2 rings (SSSR count). The molecule has 1 aromatic rings. The number of hydrogen-bond donors (Lipinski definition) is 1. The van der Waals surface area contributed by atoms with Gasteiger partial charge in [0, 0.05) is 12.6 Å². The maximum Gasteiger partial charge on any atom is 0.0138 e. The van der Waals surface area contributed by atoms with E-state index in [2.05, 4.69) is 53.7 Å². The van der Waals surface area contributed by atoms with E-state index in [1.165, 1.54) is 31.4 Å². The number of nitrogens with zero attached hydrogens (tertiary/aromatic N) is 1. The predicted octanol–water partition coefficient (Wildman–Crippen LogP) is 2.77. The third-order valence-electron chi connectivity index (χ3n) is 3.70. The number of rotatable bonds is 6. The van der Waals surface area contributed by atoms with Crippen LogP contribution in [0.5, 0.6) is 0 Å². The lowest BCUT2D eigenvalue weighted by atomic mass is 10.1. The van der Waals surface area contributed by atoms with E-state index in [9.17, 15) is 0 Å². The van der Waals surface area contributed by atoms with E-state index in [-0.39, 0.29) is 0 Å². The molecule has 1 heterocycles. The second kappa shape index (κ2) is 7.34. The molecular weight excluding hydrogens is 220 g/mol. The van der Waals surface area contributed by atoms with Crippen LogP contribution in [0.3, 0.4) is 0 Å². The standard InChI is InChI=1S/C16H24N2/c1-18-14-6-10-16(18)11-13-17-12-5-9-15-7-3-2-4-8-15/h2-5,7-9,16-17H,6,10-14H2,1H3. The van der Waals surface area contributed by atoms with Gasteiger partial charge in [-0.15, -0.1) is 0 Å². The fourth-order valence-electron chi connectivity index (χ4n) is 2.56. The van der Waals surface area contributed by atoms with Crippen LogP contribution in [0.4, 0.5) is 0 Å². The van der Waals surface area contributed by atoms with Gasteiger partial charge in [0.25, 0.3) is 0 Å². The average molecular weight is 244 g/mol. The molecule has 0 aromatic heterocycles. The van der Waals surface area contributed by atoms with E-state index in [0.717, 1.165) is 19.1 Å². The molecule has 98 valence electrons. The van der Waals surface area contributed by atoms with Crippen molar-refractivity contribution in [3.63, 3.8) is 0 Å². The van der Waals surface area contributed by atoms with Gasteiger partial charge in [-0.3, -0.25) is 0 Å². The molecule has 0 amide bonds. The normalized spacial score (nSPS) is 20.8. The van der Waals surface area contributed by atoms with Gasteiger partial charge >= 0.3 is 0 Å². The smallest absolute Gasteiger partial charge is 0.0138 e. The Balaban J connectivity index is 1.57. The Hall–Kier alpha value is -1.12. The van der Waals surface area contributed by atoms with E-state index >= 15 is 0 Å². The summed E-state index contributed by atoms with van der Waals surface area (Å²) in [6.45, 7) is 3.36. The lowest BCUT2D eigenvalue weighted by Crippen LogP contribution is -2.29. The highest BCUT2D eigenvalue weighted by Crippen LogP contribution is 2.16. The van der Waals surface area contributed by atoms with Crippen LogP contribution in [0, 0.1) is 0 Å². The molecule has 0 radical (unpaired) electrons. The molecule has 1 atom stereocenters. The Bertz CT molecular complexity index is 359. The van der Waals surface area contributed by atoms with Gasteiger partial charge in [-0.1, -0.05) is 42.5 Å². The molecule has 2 heteroatoms. The fraction of sp³-hybridized carbons (Fsp3) is 0.500. The summed E-state index contributed by atoms with van der Waals surface area (Å²) in [6.07, 6.45) is 8.39. The molecule has 0 saturated carbocycles. The van der Waals surface area contributed by atoms with Gasteiger partial charge in [0.1, 0.15) is 0 Å². The third-order valence-corrected chi connectivity index (χ3v) is 3.70. The first-order chi connectivity index (χ1) is 8.86. The molecule has 1 fully saturated rings. The summed E-state index contributed by atoms with van der Waals surface area (Å²) in [4.78, 5) is 2.49.